The molecule has 3 unspecified atom stereocenters. The number of hydrogen-bond donors (Lipinski definition) is 1. The fourth-order valence-corrected chi connectivity index (χ4v) is 9.79. The summed E-state index contributed by atoms with van der Waals surface area (Å²) < 4.78 is 22.0. The van der Waals surface area contributed by atoms with Crippen LogP contribution in [-0.2, 0) is 9.59 Å². The first kappa shape index (κ1) is 41.1. The summed E-state index contributed by atoms with van der Waals surface area (Å²) in [5, 5.41) is 2.20. The molecule has 312 valence electrons. The largest absolute Gasteiger partial charge is 0.492 e. The van der Waals surface area contributed by atoms with Gasteiger partial charge in [-0.3, -0.25) is 39.2 Å². The maximum Gasteiger partial charge on any atom is 0.262 e. The number of nitrogens with zero attached hydrogens (tertiary/aromatic N) is 4. The van der Waals surface area contributed by atoms with Crippen LogP contribution in [0.2, 0.25) is 0 Å². The number of benzene rings is 4. The predicted molar refractivity (Wildman–Crippen MR) is 231 cm³/mol. The summed E-state index contributed by atoms with van der Waals surface area (Å²) >= 11 is 0. The van der Waals surface area contributed by atoms with E-state index in [9.17, 15) is 19.2 Å². The molecule has 4 aromatic rings. The highest BCUT2D eigenvalue weighted by molar-refractivity contribution is 6.23. The van der Waals surface area contributed by atoms with Gasteiger partial charge in [0.2, 0.25) is 11.8 Å². The first-order valence-electron chi connectivity index (χ1n) is 21.4. The third-order valence-corrected chi connectivity index (χ3v) is 12.7. The van der Waals surface area contributed by atoms with Gasteiger partial charge in [0.25, 0.3) is 11.8 Å². The molecule has 0 saturated carbocycles. The average molecular weight is 812 g/mol. The smallest absolute Gasteiger partial charge is 0.262 e. The summed E-state index contributed by atoms with van der Waals surface area (Å²) in [6, 6.07) is 31.2. The average Bonchev–Trinajstić information content (AvgIpc) is 3.48. The zero-order valence-corrected chi connectivity index (χ0v) is 34.7. The molecule has 8 rings (SSSR count). The van der Waals surface area contributed by atoms with Gasteiger partial charge in [0.15, 0.2) is 0 Å². The van der Waals surface area contributed by atoms with Crippen LogP contribution in [-0.4, -0.2) is 102 Å². The number of ether oxygens (including phenoxy) is 1. The fourth-order valence-electron chi connectivity index (χ4n) is 9.79. The van der Waals surface area contributed by atoms with Crippen molar-refractivity contribution in [3.63, 3.8) is 0 Å². The van der Waals surface area contributed by atoms with Gasteiger partial charge in [0.05, 0.1) is 16.8 Å². The Bertz CT molecular complexity index is 2240. The highest BCUT2D eigenvalue weighted by Crippen LogP contribution is 2.37. The van der Waals surface area contributed by atoms with Gasteiger partial charge in [-0.1, -0.05) is 79.7 Å². The van der Waals surface area contributed by atoms with Gasteiger partial charge in [-0.2, -0.15) is 0 Å². The Kier molecular flexibility index (Phi) is 12.3. The van der Waals surface area contributed by atoms with Crippen LogP contribution in [0.15, 0.2) is 97.1 Å². The summed E-state index contributed by atoms with van der Waals surface area (Å²) in [6.45, 7) is 12.4. The van der Waals surface area contributed by atoms with E-state index in [-0.39, 0.29) is 41.7 Å². The molecule has 3 saturated heterocycles. The van der Waals surface area contributed by atoms with Crippen molar-refractivity contribution in [2.75, 3.05) is 50.8 Å². The van der Waals surface area contributed by atoms with E-state index in [0.717, 1.165) is 75.2 Å². The number of imide groups is 2. The van der Waals surface area contributed by atoms with E-state index in [0.29, 0.717) is 12.5 Å². The number of halogens is 1. The third kappa shape index (κ3) is 8.51. The van der Waals surface area contributed by atoms with Gasteiger partial charge in [0.1, 0.15) is 24.2 Å². The Balaban J connectivity index is 0.822. The van der Waals surface area contributed by atoms with Crippen LogP contribution in [0.5, 0.6) is 5.75 Å². The van der Waals surface area contributed by atoms with E-state index in [4.69, 9.17) is 4.74 Å². The van der Waals surface area contributed by atoms with Crippen LogP contribution in [0, 0.1) is 11.7 Å². The lowest BCUT2D eigenvalue weighted by atomic mass is 9.88. The zero-order chi connectivity index (χ0) is 41.9. The van der Waals surface area contributed by atoms with Crippen molar-refractivity contribution in [3.8, 4) is 5.75 Å². The zero-order valence-electron chi connectivity index (χ0n) is 34.7. The van der Waals surface area contributed by atoms with E-state index in [2.05, 4.69) is 121 Å². The first-order chi connectivity index (χ1) is 29.1. The molecule has 0 radical (unpaired) electrons. The van der Waals surface area contributed by atoms with E-state index in [1.54, 1.807) is 0 Å². The van der Waals surface area contributed by atoms with Gasteiger partial charge in [-0.25, -0.2) is 4.39 Å². The van der Waals surface area contributed by atoms with E-state index < -0.39 is 35.5 Å². The lowest BCUT2D eigenvalue weighted by molar-refractivity contribution is -0.136. The Labute approximate surface area is 352 Å². The second kappa shape index (κ2) is 17.9. The Hall–Kier alpha value is -5.65. The topological polar surface area (TPSA) is 102 Å². The maximum atomic E-state index is 15.8. The number of hydrogen-bond acceptors (Lipinski definition) is 8. The van der Waals surface area contributed by atoms with E-state index in [1.807, 2.05) is 4.90 Å². The van der Waals surface area contributed by atoms with Gasteiger partial charge in [-0.05, 0) is 111 Å². The van der Waals surface area contributed by atoms with Crippen molar-refractivity contribution >= 4 is 40.5 Å². The van der Waals surface area contributed by atoms with Gasteiger partial charge in [-0.15, -0.1) is 0 Å². The molecule has 4 heterocycles. The van der Waals surface area contributed by atoms with Crippen molar-refractivity contribution in [1.29, 1.82) is 0 Å². The number of allylic oxidation sites excluding steroid dienone is 1. The number of amides is 4. The number of fused-ring (bicyclic) bond motifs is 1. The van der Waals surface area contributed by atoms with E-state index in [1.165, 1.54) is 33.9 Å². The molecule has 1 N–H and O–H groups in total. The molecule has 4 aliphatic rings. The number of likely N-dealkylation sites (tertiary alicyclic amines) is 1. The molecule has 0 bridgehead atoms. The molecular weight excluding hydrogens is 758 g/mol. The molecule has 0 aromatic heterocycles. The minimum Gasteiger partial charge on any atom is -0.492 e. The number of rotatable bonds is 12. The van der Waals surface area contributed by atoms with Crippen LogP contribution >= 0.6 is 0 Å². The summed E-state index contributed by atoms with van der Waals surface area (Å²) in [5.74, 6) is -1.60. The first-order valence-corrected chi connectivity index (χ1v) is 21.4. The fraction of sp³-hybridized carbons (Fsp3) is 0.388. The van der Waals surface area contributed by atoms with Crippen molar-refractivity contribution in [1.82, 2.24) is 20.0 Å². The molecule has 4 aliphatic heterocycles. The molecule has 4 amide bonds. The molecule has 11 heteroatoms. The molecule has 3 atom stereocenters. The number of piperazine rings is 1. The minimum absolute atomic E-state index is 0.0260. The molecule has 0 aliphatic carbocycles. The Morgan fingerprint density at radius 3 is 1.97 bits per heavy atom. The Morgan fingerprint density at radius 1 is 0.750 bits per heavy atom. The SMILES string of the molecule is CCC(=C(c1ccccc1)c1ccc(OCCN2CCC(CN3CC(C)N(c4cc5c(cc4F)C(=O)N(C4CCC(=O)NC4=O)C5=O)C(C)C3)CC2)cc1)c1ccccc1. The molecule has 3 fully saturated rings. The summed E-state index contributed by atoms with van der Waals surface area (Å²) in [5.41, 5.74) is 6.50. The van der Waals surface area contributed by atoms with Gasteiger partial charge in [0, 0.05) is 44.7 Å². The standard InChI is InChI=1S/C49H54FN5O5/c1-4-39(35-11-7-5-8-12-35)46(36-13-9-6-10-14-36)37-15-17-38(18-16-37)60-26-25-52-23-21-34(22-24-52)31-53-29-32(2)54(33(3)30-53)44-28-41-40(27-42(44)50)48(58)55(49(41)59)43-19-20-45(56)51-47(43)57/h5-18,27-28,32-34,43H,4,19-26,29-31H2,1-3H3,(H,51,56,57). The van der Waals surface area contributed by atoms with Gasteiger partial charge < -0.3 is 9.64 Å². The highest BCUT2D eigenvalue weighted by Gasteiger charge is 2.46. The molecular formula is C49H54FN5O5. The van der Waals surface area contributed by atoms with Crippen molar-refractivity contribution in [2.45, 2.75) is 71.0 Å². The minimum atomic E-state index is -1.09. The monoisotopic (exact) mass is 811 g/mol. The molecule has 4 aromatic carbocycles. The van der Waals surface area contributed by atoms with Crippen LogP contribution in [0.4, 0.5) is 10.1 Å². The van der Waals surface area contributed by atoms with Crippen LogP contribution in [0.3, 0.4) is 0 Å². The second-order valence-corrected chi connectivity index (χ2v) is 16.7. The number of piperidine rings is 2. The summed E-state index contributed by atoms with van der Waals surface area (Å²) in [4.78, 5) is 58.8. The second-order valence-electron chi connectivity index (χ2n) is 16.7. The van der Waals surface area contributed by atoms with Crippen LogP contribution < -0.4 is 15.0 Å². The summed E-state index contributed by atoms with van der Waals surface area (Å²) in [7, 11) is 0. The third-order valence-electron chi connectivity index (χ3n) is 12.7. The maximum absolute atomic E-state index is 15.8. The van der Waals surface area contributed by atoms with Crippen molar-refractivity contribution in [2.24, 2.45) is 5.92 Å². The highest BCUT2D eigenvalue weighted by atomic mass is 19.1. The quantitative estimate of drug-likeness (QED) is 0.118. The lowest BCUT2D eigenvalue weighted by Gasteiger charge is -2.47. The van der Waals surface area contributed by atoms with Crippen molar-refractivity contribution in [3.05, 3.63) is 131 Å². The number of carbonyl (C=O) groups excluding carboxylic acids is 4. The molecule has 60 heavy (non-hydrogen) atoms. The van der Waals surface area contributed by atoms with Crippen LogP contribution in [0.1, 0.15) is 90.3 Å². The van der Waals surface area contributed by atoms with Crippen molar-refractivity contribution < 1.29 is 28.3 Å². The summed E-state index contributed by atoms with van der Waals surface area (Å²) in [6.07, 6.45) is 3.20. The Morgan fingerprint density at radius 2 is 1.35 bits per heavy atom. The molecule has 0 spiro atoms. The number of carbonyl (C=O) groups is 4. The van der Waals surface area contributed by atoms with E-state index >= 15 is 4.39 Å². The van der Waals surface area contributed by atoms with Crippen LogP contribution in [0.25, 0.3) is 11.1 Å². The number of nitrogens with one attached hydrogen (secondary N) is 1. The van der Waals surface area contributed by atoms with Gasteiger partial charge >= 0.3 is 0 Å². The number of anilines is 1. The molecule has 10 nitrogen and oxygen atoms in total. The predicted octanol–water partition coefficient (Wildman–Crippen LogP) is 7.29. The normalized spacial score (nSPS) is 22.2. The lowest BCUT2D eigenvalue weighted by Crippen LogP contribution is -2.58.